The van der Waals surface area contributed by atoms with Crippen molar-refractivity contribution in [1.82, 2.24) is 5.32 Å². The predicted octanol–water partition coefficient (Wildman–Crippen LogP) is 5.05. The average Bonchev–Trinajstić information content (AvgIpc) is 2.78. The number of Topliss-reactive ketones (excluding diaryl/α,β-unsaturated/α-hetero) is 1. The molecule has 7 heteroatoms. The third-order valence-electron chi connectivity index (χ3n) is 6.49. The van der Waals surface area contributed by atoms with Gasteiger partial charge in [-0.15, -0.1) is 0 Å². The lowest BCUT2D eigenvalue weighted by atomic mass is 9.68. The summed E-state index contributed by atoms with van der Waals surface area (Å²) in [6.07, 6.45) is 3.92. The summed E-state index contributed by atoms with van der Waals surface area (Å²) in [5, 5.41) is 3.37. The molecular weight excluding hydrogens is 434 g/mol. The Balaban J connectivity index is 2.18. The van der Waals surface area contributed by atoms with Crippen molar-refractivity contribution >= 4 is 11.8 Å². The van der Waals surface area contributed by atoms with Gasteiger partial charge < -0.3 is 24.3 Å². The number of methoxy groups -OCH3 is 3. The van der Waals surface area contributed by atoms with Crippen LogP contribution in [0.5, 0.6) is 17.2 Å². The highest BCUT2D eigenvalue weighted by Gasteiger charge is 2.44. The molecule has 1 N–H and O–H groups in total. The normalized spacial score (nSPS) is 19.4. The number of rotatable bonds is 9. The van der Waals surface area contributed by atoms with Gasteiger partial charge in [0.1, 0.15) is 0 Å². The van der Waals surface area contributed by atoms with Crippen molar-refractivity contribution in [2.24, 2.45) is 5.41 Å². The summed E-state index contributed by atoms with van der Waals surface area (Å²) in [4.78, 5) is 26.9. The molecule has 0 amide bonds. The molecule has 0 saturated carbocycles. The zero-order valence-corrected chi connectivity index (χ0v) is 21.4. The van der Waals surface area contributed by atoms with E-state index < -0.39 is 11.9 Å². The second-order valence-electron chi connectivity index (χ2n) is 9.70. The second-order valence-corrected chi connectivity index (χ2v) is 9.70. The van der Waals surface area contributed by atoms with Gasteiger partial charge >= 0.3 is 5.97 Å². The van der Waals surface area contributed by atoms with Crippen LogP contribution in [0.15, 0.2) is 34.7 Å². The minimum Gasteiger partial charge on any atom is -0.493 e. The summed E-state index contributed by atoms with van der Waals surface area (Å²) in [7, 11) is 4.63. The van der Waals surface area contributed by atoms with Crippen molar-refractivity contribution in [3.8, 4) is 17.2 Å². The van der Waals surface area contributed by atoms with E-state index in [1.165, 1.54) is 7.11 Å². The molecule has 2 aliphatic rings. The lowest BCUT2D eigenvalue weighted by molar-refractivity contribution is -0.139. The lowest BCUT2D eigenvalue weighted by Gasteiger charge is -2.39. The molecular formula is C27H37NO6. The van der Waals surface area contributed by atoms with Crippen LogP contribution in [0.3, 0.4) is 0 Å². The molecule has 1 aliphatic heterocycles. The van der Waals surface area contributed by atoms with E-state index in [2.05, 4.69) is 26.1 Å². The van der Waals surface area contributed by atoms with Crippen molar-refractivity contribution in [2.45, 2.75) is 65.7 Å². The Morgan fingerprint density at radius 3 is 2.38 bits per heavy atom. The van der Waals surface area contributed by atoms with Gasteiger partial charge in [0, 0.05) is 29.0 Å². The summed E-state index contributed by atoms with van der Waals surface area (Å²) in [6.45, 7) is 8.46. The van der Waals surface area contributed by atoms with Crippen molar-refractivity contribution in [1.29, 1.82) is 0 Å². The van der Waals surface area contributed by atoms with E-state index in [0.717, 1.165) is 25.0 Å². The van der Waals surface area contributed by atoms with Crippen LogP contribution >= 0.6 is 0 Å². The van der Waals surface area contributed by atoms with E-state index >= 15 is 0 Å². The number of dihydropyridines is 1. The number of hydrogen-bond acceptors (Lipinski definition) is 7. The quantitative estimate of drug-likeness (QED) is 0.399. The molecule has 3 rings (SSSR count). The van der Waals surface area contributed by atoms with Crippen molar-refractivity contribution in [3.63, 3.8) is 0 Å². The van der Waals surface area contributed by atoms with E-state index in [1.807, 2.05) is 13.0 Å². The van der Waals surface area contributed by atoms with E-state index in [4.69, 9.17) is 18.9 Å². The third kappa shape index (κ3) is 4.93. The van der Waals surface area contributed by atoms with Crippen LogP contribution in [0.1, 0.15) is 71.3 Å². The van der Waals surface area contributed by atoms with Crippen LogP contribution in [-0.2, 0) is 14.3 Å². The van der Waals surface area contributed by atoms with Crippen molar-refractivity contribution < 1.29 is 28.5 Å². The van der Waals surface area contributed by atoms with Gasteiger partial charge in [-0.1, -0.05) is 39.7 Å². The Labute approximate surface area is 202 Å². The molecule has 0 radical (unpaired) electrons. The maximum atomic E-state index is 13.5. The number of hydrogen-bond donors (Lipinski definition) is 1. The van der Waals surface area contributed by atoms with Crippen molar-refractivity contribution in [2.75, 3.05) is 27.9 Å². The number of allylic oxidation sites excluding steroid dienone is 3. The van der Waals surface area contributed by atoms with Crippen LogP contribution in [0.25, 0.3) is 0 Å². The molecule has 0 saturated heterocycles. The largest absolute Gasteiger partial charge is 0.493 e. The zero-order chi connectivity index (χ0) is 25.0. The van der Waals surface area contributed by atoms with E-state index in [9.17, 15) is 9.59 Å². The van der Waals surface area contributed by atoms with Crippen LogP contribution in [0.2, 0.25) is 0 Å². The van der Waals surface area contributed by atoms with Gasteiger partial charge in [0.15, 0.2) is 17.3 Å². The number of ether oxygens (including phenoxy) is 4. The molecule has 1 heterocycles. The van der Waals surface area contributed by atoms with Gasteiger partial charge in [-0.25, -0.2) is 4.79 Å². The van der Waals surface area contributed by atoms with E-state index in [1.54, 1.807) is 20.3 Å². The molecule has 0 unspecified atom stereocenters. The standard InChI is InChI=1S/C27H37NO6/c1-8-9-10-13-34-26(30)21-16(2)28-18-14-27(3,4)15-19(29)23(18)22(21)17-11-12-20(31-5)25(33-7)24(17)32-6/h11-12,22,28H,8-10,13-15H2,1-7H3/t22-/m1/s1. The SMILES string of the molecule is CCCCCOC(=O)C1=C(C)NC2=C(C(=O)CC(C)(C)C2)[C@@H]1c1ccc(OC)c(OC)c1OC. The Hall–Kier alpha value is -2.96. The Bertz CT molecular complexity index is 1020. The highest BCUT2D eigenvalue weighted by molar-refractivity contribution is 6.04. The molecule has 1 aromatic carbocycles. The Kier molecular flexibility index (Phi) is 7.95. The molecule has 7 nitrogen and oxygen atoms in total. The first-order chi connectivity index (χ1) is 16.2. The van der Waals surface area contributed by atoms with Crippen LogP contribution in [0.4, 0.5) is 0 Å². The van der Waals surface area contributed by atoms with E-state index in [0.29, 0.717) is 59.1 Å². The summed E-state index contributed by atoms with van der Waals surface area (Å²) < 4.78 is 22.5. The van der Waals surface area contributed by atoms with Gasteiger partial charge in [-0.05, 0) is 31.2 Å². The molecule has 0 spiro atoms. The maximum Gasteiger partial charge on any atom is 0.336 e. The average molecular weight is 472 g/mol. The number of benzene rings is 1. The highest BCUT2D eigenvalue weighted by atomic mass is 16.5. The first kappa shape index (κ1) is 25.7. The third-order valence-corrected chi connectivity index (χ3v) is 6.49. The second kappa shape index (κ2) is 10.5. The Morgan fingerprint density at radius 2 is 1.76 bits per heavy atom. The number of ketones is 1. The molecule has 186 valence electrons. The first-order valence-corrected chi connectivity index (χ1v) is 11.9. The number of unbranched alkanes of at least 4 members (excludes halogenated alkanes) is 2. The molecule has 0 aromatic heterocycles. The van der Waals surface area contributed by atoms with Crippen LogP contribution in [0, 0.1) is 5.41 Å². The minimum atomic E-state index is -0.631. The number of esters is 1. The van der Waals surface area contributed by atoms with Crippen LogP contribution < -0.4 is 19.5 Å². The lowest BCUT2D eigenvalue weighted by Crippen LogP contribution is -2.38. The smallest absolute Gasteiger partial charge is 0.336 e. The van der Waals surface area contributed by atoms with Gasteiger partial charge in [0.25, 0.3) is 0 Å². The fraction of sp³-hybridized carbons (Fsp3) is 0.556. The summed E-state index contributed by atoms with van der Waals surface area (Å²) >= 11 is 0. The number of carbonyl (C=O) groups is 2. The molecule has 0 fully saturated rings. The topological polar surface area (TPSA) is 83.1 Å². The Morgan fingerprint density at radius 1 is 1.06 bits per heavy atom. The maximum absolute atomic E-state index is 13.5. The van der Waals surface area contributed by atoms with E-state index in [-0.39, 0.29) is 11.2 Å². The van der Waals surface area contributed by atoms with Gasteiger partial charge in [0.2, 0.25) is 5.75 Å². The molecule has 34 heavy (non-hydrogen) atoms. The molecule has 1 atom stereocenters. The zero-order valence-electron chi connectivity index (χ0n) is 21.4. The summed E-state index contributed by atoms with van der Waals surface area (Å²) in [5.41, 5.74) is 3.05. The molecule has 0 bridgehead atoms. The molecule has 1 aromatic rings. The fourth-order valence-corrected chi connectivity index (χ4v) is 4.96. The first-order valence-electron chi connectivity index (χ1n) is 11.9. The monoisotopic (exact) mass is 471 g/mol. The van der Waals surface area contributed by atoms with Gasteiger partial charge in [0.05, 0.1) is 39.4 Å². The van der Waals surface area contributed by atoms with Gasteiger partial charge in [-0.2, -0.15) is 0 Å². The summed E-state index contributed by atoms with van der Waals surface area (Å²) in [6, 6.07) is 3.61. The predicted molar refractivity (Wildman–Crippen MR) is 130 cm³/mol. The van der Waals surface area contributed by atoms with Crippen LogP contribution in [-0.4, -0.2) is 39.7 Å². The highest BCUT2D eigenvalue weighted by Crippen LogP contribution is 2.51. The van der Waals surface area contributed by atoms with Crippen molar-refractivity contribution in [3.05, 3.63) is 40.2 Å². The summed E-state index contributed by atoms with van der Waals surface area (Å²) in [5.74, 6) is 0.318. The molecule has 1 aliphatic carbocycles. The fourth-order valence-electron chi connectivity index (χ4n) is 4.96. The minimum absolute atomic E-state index is 0.0179. The number of carbonyl (C=O) groups excluding carboxylic acids is 2. The number of nitrogens with one attached hydrogen (secondary N) is 1. The van der Waals surface area contributed by atoms with Gasteiger partial charge in [-0.3, -0.25) is 4.79 Å².